The lowest BCUT2D eigenvalue weighted by Crippen LogP contribution is -2.31. The highest BCUT2D eigenvalue weighted by molar-refractivity contribution is 6.06. The van der Waals surface area contributed by atoms with E-state index in [0.717, 1.165) is 11.4 Å². The van der Waals surface area contributed by atoms with Crippen molar-refractivity contribution in [1.29, 1.82) is 0 Å². The largest absolute Gasteiger partial charge is 0.447 e. The Kier molecular flexibility index (Phi) is 5.31. The number of aromatic nitrogens is 1. The van der Waals surface area contributed by atoms with Crippen molar-refractivity contribution in [2.75, 3.05) is 23.4 Å². The van der Waals surface area contributed by atoms with Crippen molar-refractivity contribution in [3.63, 3.8) is 0 Å². The Bertz CT molecular complexity index is 880. The van der Waals surface area contributed by atoms with Crippen LogP contribution in [-0.2, 0) is 6.54 Å². The molecular weight excluding hydrogens is 333 g/mol. The number of amides is 1. The van der Waals surface area contributed by atoms with Crippen LogP contribution in [0.15, 0.2) is 65.5 Å². The van der Waals surface area contributed by atoms with Crippen molar-refractivity contribution in [2.45, 2.75) is 13.5 Å². The van der Waals surface area contributed by atoms with E-state index in [4.69, 9.17) is 4.42 Å². The highest BCUT2D eigenvalue weighted by atomic mass is 19.1. The Morgan fingerprint density at radius 3 is 2.62 bits per heavy atom. The molecule has 0 bridgehead atoms. The maximum atomic E-state index is 14.0. The van der Waals surface area contributed by atoms with Crippen LogP contribution in [0.5, 0.6) is 0 Å². The lowest BCUT2D eigenvalue weighted by atomic mass is 10.1. The molecule has 26 heavy (non-hydrogen) atoms. The molecule has 2 aromatic carbocycles. The second-order valence-corrected chi connectivity index (χ2v) is 5.87. The Morgan fingerprint density at radius 2 is 1.92 bits per heavy atom. The van der Waals surface area contributed by atoms with Gasteiger partial charge in [-0.1, -0.05) is 18.2 Å². The summed E-state index contributed by atoms with van der Waals surface area (Å²) >= 11 is 0. The minimum atomic E-state index is -0.519. The van der Waals surface area contributed by atoms with Crippen LogP contribution in [0, 0.1) is 5.82 Å². The average Bonchev–Trinajstić information content (AvgIpc) is 3.16. The Labute approximate surface area is 151 Å². The molecule has 0 radical (unpaired) electrons. The van der Waals surface area contributed by atoms with E-state index in [-0.39, 0.29) is 11.5 Å². The van der Waals surface area contributed by atoms with Gasteiger partial charge in [0.25, 0.3) is 5.91 Å². The van der Waals surface area contributed by atoms with Crippen LogP contribution in [0.2, 0.25) is 0 Å². The highest BCUT2D eigenvalue weighted by Gasteiger charge is 2.19. The van der Waals surface area contributed by atoms with E-state index in [1.807, 2.05) is 43.1 Å². The summed E-state index contributed by atoms with van der Waals surface area (Å²) in [6, 6.07) is 13.6. The van der Waals surface area contributed by atoms with Crippen molar-refractivity contribution in [1.82, 2.24) is 4.98 Å². The third-order valence-corrected chi connectivity index (χ3v) is 4.12. The zero-order valence-corrected chi connectivity index (χ0v) is 14.7. The quantitative estimate of drug-likeness (QED) is 0.669. The van der Waals surface area contributed by atoms with E-state index in [0.29, 0.717) is 18.8 Å². The van der Waals surface area contributed by atoms with Crippen LogP contribution in [0.3, 0.4) is 0 Å². The van der Waals surface area contributed by atoms with Crippen LogP contribution in [0.1, 0.15) is 23.0 Å². The maximum absolute atomic E-state index is 14.0. The number of oxazole rings is 1. The first-order valence-electron chi connectivity index (χ1n) is 8.35. The molecule has 1 heterocycles. The number of carbonyl (C=O) groups excluding carboxylic acids is 1. The van der Waals surface area contributed by atoms with Gasteiger partial charge in [0, 0.05) is 25.0 Å². The number of rotatable bonds is 6. The summed E-state index contributed by atoms with van der Waals surface area (Å²) in [5.74, 6) is -0.136. The number of anilines is 2. The maximum Gasteiger partial charge on any atom is 0.261 e. The summed E-state index contributed by atoms with van der Waals surface area (Å²) in [6.07, 6.45) is 3.06. The molecule has 1 amide bonds. The second-order valence-electron chi connectivity index (χ2n) is 5.87. The molecule has 5 nitrogen and oxygen atoms in total. The summed E-state index contributed by atoms with van der Waals surface area (Å²) in [5, 5.41) is 0. The molecule has 3 rings (SSSR count). The first-order valence-corrected chi connectivity index (χ1v) is 8.35. The second kappa shape index (κ2) is 7.82. The highest BCUT2D eigenvalue weighted by Crippen LogP contribution is 2.25. The van der Waals surface area contributed by atoms with Crippen LogP contribution in [-0.4, -0.2) is 24.5 Å². The van der Waals surface area contributed by atoms with Gasteiger partial charge in [-0.15, -0.1) is 0 Å². The number of halogens is 1. The van der Waals surface area contributed by atoms with Gasteiger partial charge in [-0.05, 0) is 37.3 Å². The SMILES string of the molecule is CCN(C(=O)c1ccccc1F)c1cccc(N(C)Cc2cnco2)c1. The summed E-state index contributed by atoms with van der Waals surface area (Å²) < 4.78 is 19.3. The molecule has 1 aromatic heterocycles. The molecular formula is C20H20FN3O2. The van der Waals surface area contributed by atoms with E-state index in [1.54, 1.807) is 23.2 Å². The molecule has 0 N–H and O–H groups in total. The number of hydrogen-bond donors (Lipinski definition) is 0. The van der Waals surface area contributed by atoms with Crippen molar-refractivity contribution in [3.8, 4) is 0 Å². The van der Waals surface area contributed by atoms with Gasteiger partial charge in [0.15, 0.2) is 6.39 Å². The lowest BCUT2D eigenvalue weighted by Gasteiger charge is -2.24. The molecule has 134 valence electrons. The smallest absolute Gasteiger partial charge is 0.261 e. The van der Waals surface area contributed by atoms with Gasteiger partial charge in [-0.2, -0.15) is 0 Å². The first kappa shape index (κ1) is 17.7. The number of carbonyl (C=O) groups is 1. The van der Waals surface area contributed by atoms with E-state index >= 15 is 0 Å². The van der Waals surface area contributed by atoms with Crippen molar-refractivity contribution < 1.29 is 13.6 Å². The standard InChI is InChI=1S/C20H20FN3O2/c1-3-24(20(25)18-9-4-5-10-19(18)21)16-8-6-7-15(11-16)23(2)13-17-12-22-14-26-17/h4-12,14H,3,13H2,1-2H3. The normalized spacial score (nSPS) is 10.6. The van der Waals surface area contributed by atoms with Gasteiger partial charge < -0.3 is 14.2 Å². The van der Waals surface area contributed by atoms with Gasteiger partial charge >= 0.3 is 0 Å². The molecule has 0 fully saturated rings. The zero-order valence-electron chi connectivity index (χ0n) is 14.7. The summed E-state index contributed by atoms with van der Waals surface area (Å²) in [7, 11) is 1.93. The topological polar surface area (TPSA) is 49.6 Å². The number of benzene rings is 2. The van der Waals surface area contributed by atoms with Crippen molar-refractivity contribution >= 4 is 17.3 Å². The molecule has 0 aliphatic rings. The Balaban J connectivity index is 1.85. The molecule has 0 aliphatic carbocycles. The molecule has 0 unspecified atom stereocenters. The van der Waals surface area contributed by atoms with Gasteiger partial charge in [-0.25, -0.2) is 9.37 Å². The molecule has 0 atom stereocenters. The van der Waals surface area contributed by atoms with Gasteiger partial charge in [0.2, 0.25) is 0 Å². The minimum Gasteiger partial charge on any atom is -0.447 e. The summed E-state index contributed by atoms with van der Waals surface area (Å²) in [6.45, 7) is 2.85. The fourth-order valence-corrected chi connectivity index (χ4v) is 2.77. The Morgan fingerprint density at radius 1 is 1.15 bits per heavy atom. The van der Waals surface area contributed by atoms with Crippen molar-refractivity contribution in [2.24, 2.45) is 0 Å². The van der Waals surface area contributed by atoms with E-state index in [1.165, 1.54) is 18.5 Å². The molecule has 3 aromatic rings. The summed E-state index contributed by atoms with van der Waals surface area (Å²) in [5.41, 5.74) is 1.69. The zero-order chi connectivity index (χ0) is 18.5. The molecule has 0 saturated heterocycles. The fourth-order valence-electron chi connectivity index (χ4n) is 2.77. The third kappa shape index (κ3) is 3.74. The fraction of sp³-hybridized carbons (Fsp3) is 0.200. The molecule has 0 spiro atoms. The summed E-state index contributed by atoms with van der Waals surface area (Å²) in [4.78, 5) is 20.2. The third-order valence-electron chi connectivity index (χ3n) is 4.12. The number of hydrogen-bond acceptors (Lipinski definition) is 4. The number of nitrogens with zero attached hydrogens (tertiary/aromatic N) is 3. The lowest BCUT2D eigenvalue weighted by molar-refractivity contribution is 0.0984. The monoisotopic (exact) mass is 353 g/mol. The predicted octanol–water partition coefficient (Wildman–Crippen LogP) is 4.12. The minimum absolute atomic E-state index is 0.0646. The van der Waals surface area contributed by atoms with Crippen LogP contribution in [0.25, 0.3) is 0 Å². The Hall–Kier alpha value is -3.15. The average molecular weight is 353 g/mol. The van der Waals surface area contributed by atoms with Gasteiger partial charge in [-0.3, -0.25) is 4.79 Å². The molecule has 0 aliphatic heterocycles. The van der Waals surface area contributed by atoms with Gasteiger partial charge in [0.05, 0.1) is 18.3 Å². The van der Waals surface area contributed by atoms with Crippen molar-refractivity contribution in [3.05, 3.63) is 78.3 Å². The van der Waals surface area contributed by atoms with Crippen LogP contribution in [0.4, 0.5) is 15.8 Å². The van der Waals surface area contributed by atoms with E-state index in [9.17, 15) is 9.18 Å². The van der Waals surface area contributed by atoms with E-state index in [2.05, 4.69) is 4.98 Å². The molecule has 0 saturated carbocycles. The predicted molar refractivity (Wildman–Crippen MR) is 98.8 cm³/mol. The first-order chi connectivity index (χ1) is 12.6. The van der Waals surface area contributed by atoms with E-state index < -0.39 is 5.82 Å². The molecule has 6 heteroatoms. The van der Waals surface area contributed by atoms with Crippen LogP contribution < -0.4 is 9.80 Å². The van der Waals surface area contributed by atoms with Gasteiger partial charge in [0.1, 0.15) is 11.6 Å². The van der Waals surface area contributed by atoms with Crippen LogP contribution >= 0.6 is 0 Å².